The van der Waals surface area contributed by atoms with Crippen molar-refractivity contribution in [2.45, 2.75) is 20.4 Å². The molecule has 0 fully saturated rings. The van der Waals surface area contributed by atoms with Crippen LogP contribution in [0.5, 0.6) is 0 Å². The fourth-order valence-electron chi connectivity index (χ4n) is 2.65. The molecule has 25 heavy (non-hydrogen) atoms. The third-order valence-electron chi connectivity index (χ3n) is 3.93. The molecule has 2 aromatic carbocycles. The predicted octanol–water partition coefficient (Wildman–Crippen LogP) is 3.64. The van der Waals surface area contributed by atoms with Crippen LogP contribution in [0.2, 0.25) is 0 Å². The van der Waals surface area contributed by atoms with E-state index in [0.29, 0.717) is 5.56 Å². The number of aryl methyl sites for hydroxylation is 2. The van der Waals surface area contributed by atoms with Crippen molar-refractivity contribution in [2.75, 3.05) is 25.0 Å². The SMILES string of the molecule is Cc1cccc(C)c1NC(=O)CN(CCO)Cc1cc(Br)ccc1F. The first-order valence-electron chi connectivity index (χ1n) is 8.04. The van der Waals surface area contributed by atoms with Gasteiger partial charge in [0.15, 0.2) is 0 Å². The van der Waals surface area contributed by atoms with Gasteiger partial charge in [0.2, 0.25) is 5.91 Å². The molecule has 4 nitrogen and oxygen atoms in total. The lowest BCUT2D eigenvalue weighted by Gasteiger charge is -2.22. The molecular formula is C19H22BrFN2O2. The highest BCUT2D eigenvalue weighted by molar-refractivity contribution is 9.10. The molecule has 1 amide bonds. The molecule has 2 N–H and O–H groups in total. The summed E-state index contributed by atoms with van der Waals surface area (Å²) in [7, 11) is 0. The molecule has 0 saturated carbocycles. The van der Waals surface area contributed by atoms with E-state index in [2.05, 4.69) is 21.2 Å². The number of para-hydroxylation sites is 1. The molecule has 0 atom stereocenters. The summed E-state index contributed by atoms with van der Waals surface area (Å²) >= 11 is 3.32. The quantitative estimate of drug-likeness (QED) is 0.735. The van der Waals surface area contributed by atoms with Crippen LogP contribution in [0.25, 0.3) is 0 Å². The molecule has 0 aliphatic heterocycles. The van der Waals surface area contributed by atoms with Gasteiger partial charge in [-0.2, -0.15) is 0 Å². The molecule has 2 rings (SSSR count). The maximum atomic E-state index is 13.9. The van der Waals surface area contributed by atoms with Crippen molar-refractivity contribution in [3.05, 3.63) is 63.4 Å². The highest BCUT2D eigenvalue weighted by atomic mass is 79.9. The van der Waals surface area contributed by atoms with E-state index >= 15 is 0 Å². The molecule has 0 aliphatic rings. The number of aliphatic hydroxyl groups excluding tert-OH is 1. The van der Waals surface area contributed by atoms with E-state index in [1.54, 1.807) is 17.0 Å². The number of anilines is 1. The normalized spacial score (nSPS) is 11.0. The third kappa shape index (κ3) is 5.63. The van der Waals surface area contributed by atoms with E-state index in [4.69, 9.17) is 0 Å². The van der Waals surface area contributed by atoms with Crippen molar-refractivity contribution < 1.29 is 14.3 Å². The van der Waals surface area contributed by atoms with E-state index in [-0.39, 0.29) is 38.0 Å². The van der Waals surface area contributed by atoms with E-state index in [0.717, 1.165) is 21.3 Å². The molecule has 0 unspecified atom stereocenters. The summed E-state index contributed by atoms with van der Waals surface area (Å²) in [5.41, 5.74) is 3.24. The Hall–Kier alpha value is -1.76. The molecule has 0 aromatic heterocycles. The van der Waals surface area contributed by atoms with Crippen LogP contribution in [-0.2, 0) is 11.3 Å². The molecular weight excluding hydrogens is 387 g/mol. The van der Waals surface area contributed by atoms with Gasteiger partial charge in [0.1, 0.15) is 5.82 Å². The van der Waals surface area contributed by atoms with Crippen molar-refractivity contribution in [3.8, 4) is 0 Å². The molecule has 134 valence electrons. The Morgan fingerprint density at radius 1 is 1.24 bits per heavy atom. The zero-order chi connectivity index (χ0) is 18.4. The number of nitrogens with zero attached hydrogens (tertiary/aromatic N) is 1. The van der Waals surface area contributed by atoms with Gasteiger partial charge in [0.25, 0.3) is 0 Å². The first-order valence-corrected chi connectivity index (χ1v) is 8.83. The van der Waals surface area contributed by atoms with Gasteiger partial charge in [0.05, 0.1) is 13.2 Å². The molecule has 0 radical (unpaired) electrons. The van der Waals surface area contributed by atoms with E-state index < -0.39 is 0 Å². The third-order valence-corrected chi connectivity index (χ3v) is 4.42. The summed E-state index contributed by atoms with van der Waals surface area (Å²) in [6, 6.07) is 10.5. The van der Waals surface area contributed by atoms with Gasteiger partial charge in [-0.15, -0.1) is 0 Å². The number of amides is 1. The van der Waals surface area contributed by atoms with Gasteiger partial charge in [-0.3, -0.25) is 9.69 Å². The zero-order valence-corrected chi connectivity index (χ0v) is 15.9. The number of nitrogens with one attached hydrogen (secondary N) is 1. The minimum absolute atomic E-state index is 0.0697. The summed E-state index contributed by atoms with van der Waals surface area (Å²) < 4.78 is 14.7. The molecule has 0 saturated heterocycles. The Morgan fingerprint density at radius 3 is 2.56 bits per heavy atom. The van der Waals surface area contributed by atoms with Gasteiger partial charge < -0.3 is 10.4 Å². The minimum Gasteiger partial charge on any atom is -0.395 e. The Bertz CT molecular complexity index is 732. The second-order valence-electron chi connectivity index (χ2n) is 5.98. The van der Waals surface area contributed by atoms with Crippen molar-refractivity contribution in [3.63, 3.8) is 0 Å². The average Bonchev–Trinajstić information content (AvgIpc) is 2.55. The fraction of sp³-hybridized carbons (Fsp3) is 0.316. The lowest BCUT2D eigenvalue weighted by molar-refractivity contribution is -0.117. The second kappa shape index (κ2) is 9.08. The fourth-order valence-corrected chi connectivity index (χ4v) is 3.06. The van der Waals surface area contributed by atoms with Crippen LogP contribution in [0.3, 0.4) is 0 Å². The van der Waals surface area contributed by atoms with Crippen molar-refractivity contribution >= 4 is 27.5 Å². The van der Waals surface area contributed by atoms with Gasteiger partial charge in [0, 0.05) is 28.8 Å². The first-order chi connectivity index (χ1) is 11.9. The molecule has 0 bridgehead atoms. The number of hydrogen-bond acceptors (Lipinski definition) is 3. The molecule has 0 heterocycles. The van der Waals surface area contributed by atoms with E-state index in [1.165, 1.54) is 6.07 Å². The Morgan fingerprint density at radius 2 is 1.92 bits per heavy atom. The topological polar surface area (TPSA) is 52.6 Å². The summed E-state index contributed by atoms with van der Waals surface area (Å²) in [6.07, 6.45) is 0. The van der Waals surface area contributed by atoms with E-state index in [9.17, 15) is 14.3 Å². The number of benzene rings is 2. The summed E-state index contributed by atoms with van der Waals surface area (Å²) in [4.78, 5) is 14.1. The number of hydrogen-bond donors (Lipinski definition) is 2. The minimum atomic E-state index is -0.332. The lowest BCUT2D eigenvalue weighted by Crippen LogP contribution is -2.35. The van der Waals surface area contributed by atoms with Gasteiger partial charge >= 0.3 is 0 Å². The standard InChI is InChI=1S/C19H22BrFN2O2/c1-13-4-3-5-14(2)19(13)22-18(25)12-23(8-9-24)11-15-10-16(20)6-7-17(15)21/h3-7,10,24H,8-9,11-12H2,1-2H3,(H,22,25). The predicted molar refractivity (Wildman–Crippen MR) is 101 cm³/mol. The van der Waals surface area contributed by atoms with Crippen molar-refractivity contribution in [1.82, 2.24) is 4.90 Å². The largest absolute Gasteiger partial charge is 0.395 e. The smallest absolute Gasteiger partial charge is 0.238 e. The molecule has 2 aromatic rings. The number of halogens is 2. The van der Waals surface area contributed by atoms with Crippen molar-refractivity contribution in [1.29, 1.82) is 0 Å². The Labute approximate surface area is 155 Å². The van der Waals surface area contributed by atoms with Gasteiger partial charge in [-0.25, -0.2) is 4.39 Å². The molecule has 6 heteroatoms. The van der Waals surface area contributed by atoms with Crippen LogP contribution in [-0.4, -0.2) is 35.6 Å². The Balaban J connectivity index is 2.08. The average molecular weight is 409 g/mol. The second-order valence-corrected chi connectivity index (χ2v) is 6.90. The van der Waals surface area contributed by atoms with Crippen LogP contribution in [0.4, 0.5) is 10.1 Å². The van der Waals surface area contributed by atoms with Crippen LogP contribution < -0.4 is 5.32 Å². The summed E-state index contributed by atoms with van der Waals surface area (Å²) in [5.74, 6) is -0.525. The van der Waals surface area contributed by atoms with Crippen molar-refractivity contribution in [2.24, 2.45) is 0 Å². The van der Waals surface area contributed by atoms with Crippen LogP contribution in [0.15, 0.2) is 40.9 Å². The summed E-state index contributed by atoms with van der Waals surface area (Å²) in [5, 5.41) is 12.2. The van der Waals surface area contributed by atoms with Crippen LogP contribution in [0, 0.1) is 19.7 Å². The first kappa shape index (κ1) is 19.6. The maximum absolute atomic E-state index is 13.9. The number of carbonyl (C=O) groups excluding carboxylic acids is 1. The highest BCUT2D eigenvalue weighted by Gasteiger charge is 2.15. The van der Waals surface area contributed by atoms with Crippen LogP contribution >= 0.6 is 15.9 Å². The number of carbonyl (C=O) groups is 1. The molecule has 0 aliphatic carbocycles. The van der Waals surface area contributed by atoms with Crippen LogP contribution in [0.1, 0.15) is 16.7 Å². The highest BCUT2D eigenvalue weighted by Crippen LogP contribution is 2.20. The van der Waals surface area contributed by atoms with E-state index in [1.807, 2.05) is 32.0 Å². The Kier molecular flexibility index (Phi) is 7.11. The summed E-state index contributed by atoms with van der Waals surface area (Å²) in [6.45, 7) is 4.36. The lowest BCUT2D eigenvalue weighted by atomic mass is 10.1. The van der Waals surface area contributed by atoms with Gasteiger partial charge in [-0.05, 0) is 43.2 Å². The molecule has 0 spiro atoms. The number of aliphatic hydroxyl groups is 1. The monoisotopic (exact) mass is 408 g/mol. The number of rotatable bonds is 7. The van der Waals surface area contributed by atoms with Gasteiger partial charge in [-0.1, -0.05) is 34.1 Å². The maximum Gasteiger partial charge on any atom is 0.238 e. The zero-order valence-electron chi connectivity index (χ0n) is 14.4.